The maximum Gasteiger partial charge on any atom is 0.223 e. The lowest BCUT2D eigenvalue weighted by molar-refractivity contribution is -0.131. The van der Waals surface area contributed by atoms with Gasteiger partial charge in [-0.1, -0.05) is 17.7 Å². The lowest BCUT2D eigenvalue weighted by atomic mass is 10.1. The van der Waals surface area contributed by atoms with Gasteiger partial charge in [0.15, 0.2) is 0 Å². The van der Waals surface area contributed by atoms with Crippen molar-refractivity contribution in [1.82, 2.24) is 14.9 Å². The van der Waals surface area contributed by atoms with Crippen LogP contribution in [0, 0.1) is 12.7 Å². The fourth-order valence-electron chi connectivity index (χ4n) is 4.10. The van der Waals surface area contributed by atoms with Crippen LogP contribution in [0.25, 0.3) is 0 Å². The molecule has 0 atom stereocenters. The van der Waals surface area contributed by atoms with E-state index >= 15 is 0 Å². The highest BCUT2D eigenvalue weighted by atomic mass is 35.5. The largest absolute Gasteiger partial charge is 0.356 e. The van der Waals surface area contributed by atoms with Crippen LogP contribution in [-0.4, -0.2) is 60.0 Å². The number of anilines is 2. The number of piperazine rings is 1. The van der Waals surface area contributed by atoms with Crippen LogP contribution >= 0.6 is 11.6 Å². The summed E-state index contributed by atoms with van der Waals surface area (Å²) < 4.78 is 13.3. The Kier molecular flexibility index (Phi) is 6.37. The first kappa shape index (κ1) is 20.8. The van der Waals surface area contributed by atoms with Crippen LogP contribution in [0.4, 0.5) is 16.0 Å². The van der Waals surface area contributed by atoms with E-state index in [1.54, 1.807) is 12.1 Å². The molecule has 2 aliphatic heterocycles. The third-order valence-corrected chi connectivity index (χ3v) is 6.10. The summed E-state index contributed by atoms with van der Waals surface area (Å²) in [4.78, 5) is 28.3. The minimum absolute atomic E-state index is 0.0991. The van der Waals surface area contributed by atoms with Crippen LogP contribution in [0.5, 0.6) is 0 Å². The van der Waals surface area contributed by atoms with E-state index < -0.39 is 5.82 Å². The van der Waals surface area contributed by atoms with E-state index in [9.17, 15) is 9.18 Å². The zero-order chi connectivity index (χ0) is 21.1. The summed E-state index contributed by atoms with van der Waals surface area (Å²) in [6.45, 7) is 6.89. The summed E-state index contributed by atoms with van der Waals surface area (Å²) in [5.41, 5.74) is 0.874. The number of hydrogen-bond acceptors (Lipinski definition) is 5. The zero-order valence-corrected chi connectivity index (χ0v) is 18.0. The van der Waals surface area contributed by atoms with E-state index in [4.69, 9.17) is 11.6 Å². The van der Waals surface area contributed by atoms with E-state index in [0.717, 1.165) is 49.2 Å². The number of halogens is 2. The predicted molar refractivity (Wildman–Crippen MR) is 117 cm³/mol. The summed E-state index contributed by atoms with van der Waals surface area (Å²) in [6, 6.07) is 6.70. The number of aromatic nitrogens is 2. The van der Waals surface area contributed by atoms with Crippen LogP contribution in [-0.2, 0) is 11.2 Å². The average molecular weight is 432 g/mol. The second kappa shape index (κ2) is 9.16. The number of carbonyl (C=O) groups is 1. The smallest absolute Gasteiger partial charge is 0.223 e. The minimum atomic E-state index is -0.435. The van der Waals surface area contributed by atoms with E-state index in [1.165, 1.54) is 18.9 Å². The zero-order valence-electron chi connectivity index (χ0n) is 17.3. The molecule has 1 aromatic heterocycles. The maximum absolute atomic E-state index is 13.3. The number of benzene rings is 1. The summed E-state index contributed by atoms with van der Waals surface area (Å²) in [6.07, 6.45) is 3.38. The molecule has 1 amide bonds. The highest BCUT2D eigenvalue weighted by Crippen LogP contribution is 2.24. The molecule has 2 saturated heterocycles. The SMILES string of the molecule is Cc1nc(N2CCCC2)cc(N2CCN(C(=O)CCc3ccc(F)c(Cl)c3)CC2)n1. The lowest BCUT2D eigenvalue weighted by Gasteiger charge is -2.36. The molecule has 0 N–H and O–H groups in total. The molecule has 160 valence electrons. The number of carbonyl (C=O) groups excluding carboxylic acids is 1. The van der Waals surface area contributed by atoms with E-state index in [1.807, 2.05) is 11.8 Å². The number of rotatable bonds is 5. The van der Waals surface area contributed by atoms with Gasteiger partial charge in [0.25, 0.3) is 0 Å². The standard InChI is InChI=1S/C22H27ClFN5O/c1-16-25-20(27-8-2-3-9-27)15-21(26-16)28-10-12-29(13-11-28)22(30)7-5-17-4-6-19(24)18(23)14-17/h4,6,14-15H,2-3,5,7-13H2,1H3. The van der Waals surface area contributed by atoms with Crippen molar-refractivity contribution in [3.8, 4) is 0 Å². The molecule has 1 aromatic carbocycles. The Balaban J connectivity index is 1.32. The second-order valence-electron chi connectivity index (χ2n) is 7.94. The lowest BCUT2D eigenvalue weighted by Crippen LogP contribution is -2.49. The van der Waals surface area contributed by atoms with Gasteiger partial charge in [0, 0.05) is 51.8 Å². The van der Waals surface area contributed by atoms with E-state index in [-0.39, 0.29) is 10.9 Å². The Morgan fingerprint density at radius 1 is 1.00 bits per heavy atom. The van der Waals surface area contributed by atoms with E-state index in [2.05, 4.69) is 25.8 Å². The summed E-state index contributed by atoms with van der Waals surface area (Å²) >= 11 is 5.83. The first-order valence-corrected chi connectivity index (χ1v) is 10.9. The van der Waals surface area contributed by atoms with Crippen LogP contribution < -0.4 is 9.80 Å². The van der Waals surface area contributed by atoms with Crippen molar-refractivity contribution in [2.24, 2.45) is 0 Å². The molecule has 0 aliphatic carbocycles. The fraction of sp³-hybridized carbons (Fsp3) is 0.500. The number of aryl methyl sites for hydroxylation is 2. The topological polar surface area (TPSA) is 52.6 Å². The molecule has 0 unspecified atom stereocenters. The Hall–Kier alpha value is -2.41. The predicted octanol–water partition coefficient (Wildman–Crippen LogP) is 3.46. The number of nitrogens with zero attached hydrogens (tertiary/aromatic N) is 5. The first-order chi connectivity index (χ1) is 14.5. The quantitative estimate of drug-likeness (QED) is 0.725. The Bertz CT molecular complexity index is 910. The third kappa shape index (κ3) is 4.83. The highest BCUT2D eigenvalue weighted by Gasteiger charge is 2.23. The molecular formula is C22H27ClFN5O. The van der Waals surface area contributed by atoms with Crippen molar-refractivity contribution >= 4 is 29.1 Å². The van der Waals surface area contributed by atoms with E-state index in [0.29, 0.717) is 25.9 Å². The second-order valence-corrected chi connectivity index (χ2v) is 8.35. The van der Waals surface area contributed by atoms with Crippen LogP contribution in [0.1, 0.15) is 30.7 Å². The van der Waals surface area contributed by atoms with Gasteiger partial charge in [-0.05, 0) is 43.9 Å². The van der Waals surface area contributed by atoms with Crippen molar-refractivity contribution in [1.29, 1.82) is 0 Å². The van der Waals surface area contributed by atoms with Crippen LogP contribution in [0.15, 0.2) is 24.3 Å². The maximum atomic E-state index is 13.3. The van der Waals surface area contributed by atoms with Gasteiger partial charge in [-0.25, -0.2) is 14.4 Å². The molecular weight excluding hydrogens is 405 g/mol. The third-order valence-electron chi connectivity index (χ3n) is 5.81. The Labute approximate surface area is 181 Å². The van der Waals surface area contributed by atoms with Crippen LogP contribution in [0.2, 0.25) is 5.02 Å². The summed E-state index contributed by atoms with van der Waals surface area (Å²) in [5, 5.41) is 0.0991. The van der Waals surface area contributed by atoms with Gasteiger partial charge in [0.1, 0.15) is 23.3 Å². The van der Waals surface area contributed by atoms with Crippen molar-refractivity contribution in [3.63, 3.8) is 0 Å². The van der Waals surface area contributed by atoms with Gasteiger partial charge in [-0.3, -0.25) is 4.79 Å². The average Bonchev–Trinajstić information content (AvgIpc) is 3.29. The molecule has 0 radical (unpaired) electrons. The normalized spacial score (nSPS) is 17.0. The highest BCUT2D eigenvalue weighted by molar-refractivity contribution is 6.30. The molecule has 30 heavy (non-hydrogen) atoms. The molecule has 4 rings (SSSR count). The van der Waals surface area contributed by atoms with Crippen molar-refractivity contribution < 1.29 is 9.18 Å². The fourth-order valence-corrected chi connectivity index (χ4v) is 4.30. The molecule has 0 bridgehead atoms. The molecule has 8 heteroatoms. The monoisotopic (exact) mass is 431 g/mol. The molecule has 6 nitrogen and oxygen atoms in total. The molecule has 3 heterocycles. The van der Waals surface area contributed by atoms with Gasteiger partial charge in [0.2, 0.25) is 5.91 Å². The van der Waals surface area contributed by atoms with Gasteiger partial charge in [0.05, 0.1) is 5.02 Å². The summed E-state index contributed by atoms with van der Waals surface area (Å²) in [7, 11) is 0. The van der Waals surface area contributed by atoms with Gasteiger partial charge in [-0.15, -0.1) is 0 Å². The number of hydrogen-bond donors (Lipinski definition) is 0. The van der Waals surface area contributed by atoms with Crippen LogP contribution in [0.3, 0.4) is 0 Å². The first-order valence-electron chi connectivity index (χ1n) is 10.6. The Morgan fingerprint density at radius 3 is 2.27 bits per heavy atom. The molecule has 2 fully saturated rings. The molecule has 0 saturated carbocycles. The summed E-state index contributed by atoms with van der Waals surface area (Å²) in [5.74, 6) is 2.41. The molecule has 0 spiro atoms. The van der Waals surface area contributed by atoms with Gasteiger partial charge < -0.3 is 14.7 Å². The van der Waals surface area contributed by atoms with Gasteiger partial charge in [-0.2, -0.15) is 0 Å². The minimum Gasteiger partial charge on any atom is -0.356 e. The molecule has 2 aromatic rings. The van der Waals surface area contributed by atoms with Gasteiger partial charge >= 0.3 is 0 Å². The van der Waals surface area contributed by atoms with Crippen molar-refractivity contribution in [2.45, 2.75) is 32.6 Å². The number of amides is 1. The molecule has 2 aliphatic rings. The van der Waals surface area contributed by atoms with Crippen molar-refractivity contribution in [2.75, 3.05) is 49.1 Å². The Morgan fingerprint density at radius 2 is 1.63 bits per heavy atom. The van der Waals surface area contributed by atoms with Crippen molar-refractivity contribution in [3.05, 3.63) is 46.5 Å².